The summed E-state index contributed by atoms with van der Waals surface area (Å²) in [4.78, 5) is 9.99. The molecule has 162 valence electrons. The van der Waals surface area contributed by atoms with Crippen LogP contribution in [0.5, 0.6) is 11.5 Å². The summed E-state index contributed by atoms with van der Waals surface area (Å²) in [5.41, 5.74) is 1.93. The van der Waals surface area contributed by atoms with E-state index in [1.807, 2.05) is 18.2 Å². The van der Waals surface area contributed by atoms with Crippen molar-refractivity contribution in [1.29, 1.82) is 0 Å². The number of nitrogens with zero attached hydrogens (tertiary/aromatic N) is 3. The molecule has 0 unspecified atom stereocenters. The van der Waals surface area contributed by atoms with E-state index in [2.05, 4.69) is 47.1 Å². The van der Waals surface area contributed by atoms with Crippen LogP contribution in [-0.4, -0.2) is 56.8 Å². The van der Waals surface area contributed by atoms with Gasteiger partial charge in [-0.05, 0) is 30.1 Å². The maximum atomic E-state index is 5.45. The third-order valence-corrected chi connectivity index (χ3v) is 5.49. The van der Waals surface area contributed by atoms with Crippen molar-refractivity contribution in [2.24, 2.45) is 0 Å². The first-order chi connectivity index (χ1) is 13.7. The van der Waals surface area contributed by atoms with E-state index in [0.29, 0.717) is 0 Å². The molecule has 0 atom stereocenters. The third kappa shape index (κ3) is 4.91. The molecule has 0 spiro atoms. The average Bonchev–Trinajstić information content (AvgIpc) is 2.78. The van der Waals surface area contributed by atoms with Crippen molar-refractivity contribution in [2.75, 3.05) is 51.8 Å². The Kier molecular flexibility index (Phi) is 8.59. The summed E-state index contributed by atoms with van der Waals surface area (Å²) in [5, 5.41) is 2.40. The molecule has 1 saturated heterocycles. The number of hydrogen-bond acceptors (Lipinski definition) is 5. The van der Waals surface area contributed by atoms with Crippen LogP contribution in [-0.2, 0) is 0 Å². The van der Waals surface area contributed by atoms with Gasteiger partial charge in [0, 0.05) is 43.2 Å². The highest BCUT2D eigenvalue weighted by Crippen LogP contribution is 2.34. The summed E-state index contributed by atoms with van der Waals surface area (Å²) in [5.74, 6) is 2.59. The van der Waals surface area contributed by atoms with Crippen molar-refractivity contribution in [3.63, 3.8) is 0 Å². The van der Waals surface area contributed by atoms with Gasteiger partial charge in [-0.3, -0.25) is 0 Å². The zero-order valence-electron chi connectivity index (χ0n) is 17.6. The minimum absolute atomic E-state index is 0. The van der Waals surface area contributed by atoms with E-state index in [1.165, 1.54) is 10.8 Å². The van der Waals surface area contributed by atoms with Crippen LogP contribution in [0, 0.1) is 0 Å². The number of halogens is 2. The van der Waals surface area contributed by atoms with E-state index < -0.39 is 0 Å². The predicted molar refractivity (Wildman–Crippen MR) is 129 cm³/mol. The van der Waals surface area contributed by atoms with Gasteiger partial charge in [0.25, 0.3) is 0 Å². The lowest BCUT2D eigenvalue weighted by atomic mass is 10.1. The SMILES string of the molecule is CCN1CCN(c2nc(-c3cc(OC)cc(OC)c3)cc3ccccc23)CC1.Cl.Cl. The summed E-state index contributed by atoms with van der Waals surface area (Å²) in [7, 11) is 3.34. The fraction of sp³-hybridized carbons (Fsp3) is 0.348. The molecule has 3 aromatic rings. The van der Waals surface area contributed by atoms with Gasteiger partial charge in [-0.15, -0.1) is 24.8 Å². The van der Waals surface area contributed by atoms with Crippen LogP contribution < -0.4 is 14.4 Å². The lowest BCUT2D eigenvalue weighted by Crippen LogP contribution is -2.46. The van der Waals surface area contributed by atoms with Crippen molar-refractivity contribution in [3.05, 3.63) is 48.5 Å². The molecule has 0 bridgehead atoms. The molecule has 7 heteroatoms. The first kappa shape index (κ1) is 24.1. The molecule has 2 heterocycles. The fourth-order valence-electron chi connectivity index (χ4n) is 3.80. The molecule has 1 aliphatic heterocycles. The highest BCUT2D eigenvalue weighted by Gasteiger charge is 2.20. The molecule has 1 aliphatic rings. The first-order valence-corrected chi connectivity index (χ1v) is 9.82. The van der Waals surface area contributed by atoms with Crippen molar-refractivity contribution in [2.45, 2.75) is 6.92 Å². The highest BCUT2D eigenvalue weighted by molar-refractivity contribution is 5.95. The zero-order valence-corrected chi connectivity index (χ0v) is 19.3. The largest absolute Gasteiger partial charge is 0.497 e. The van der Waals surface area contributed by atoms with Crippen LogP contribution in [0.15, 0.2) is 48.5 Å². The standard InChI is InChI=1S/C23H27N3O2.2ClH/c1-4-25-9-11-26(12-10-25)23-21-8-6-5-7-17(21)15-22(24-23)18-13-19(27-2)16-20(14-18)28-3;;/h5-8,13-16H,4,9-12H2,1-3H3;2*1H. The van der Waals surface area contributed by atoms with Gasteiger partial charge < -0.3 is 19.3 Å². The van der Waals surface area contributed by atoms with Crippen LogP contribution in [0.3, 0.4) is 0 Å². The van der Waals surface area contributed by atoms with Gasteiger partial charge in [-0.1, -0.05) is 31.2 Å². The van der Waals surface area contributed by atoms with Crippen LogP contribution in [0.25, 0.3) is 22.0 Å². The molecule has 0 N–H and O–H groups in total. The third-order valence-electron chi connectivity index (χ3n) is 5.49. The van der Waals surface area contributed by atoms with Crippen molar-refractivity contribution < 1.29 is 9.47 Å². The number of benzene rings is 2. The van der Waals surface area contributed by atoms with Crippen LogP contribution in [0.1, 0.15) is 6.92 Å². The number of rotatable bonds is 5. The van der Waals surface area contributed by atoms with Crippen LogP contribution >= 0.6 is 24.8 Å². The number of likely N-dealkylation sites (N-methyl/N-ethyl adjacent to an activating group) is 1. The maximum Gasteiger partial charge on any atom is 0.137 e. The monoisotopic (exact) mass is 449 g/mol. The summed E-state index contributed by atoms with van der Waals surface area (Å²) in [6, 6.07) is 16.5. The first-order valence-electron chi connectivity index (χ1n) is 9.82. The number of ether oxygens (including phenoxy) is 2. The van der Waals surface area contributed by atoms with E-state index in [4.69, 9.17) is 14.5 Å². The lowest BCUT2D eigenvalue weighted by molar-refractivity contribution is 0.271. The van der Waals surface area contributed by atoms with E-state index in [9.17, 15) is 0 Å². The smallest absolute Gasteiger partial charge is 0.137 e. The minimum atomic E-state index is 0. The molecule has 5 nitrogen and oxygen atoms in total. The average molecular weight is 450 g/mol. The number of aromatic nitrogens is 1. The topological polar surface area (TPSA) is 37.8 Å². The van der Waals surface area contributed by atoms with Crippen LogP contribution in [0.2, 0.25) is 0 Å². The maximum absolute atomic E-state index is 5.45. The molecule has 4 rings (SSSR count). The Labute approximate surface area is 190 Å². The predicted octanol–water partition coefficient (Wildman–Crippen LogP) is 4.90. The molecule has 1 aromatic heterocycles. The summed E-state index contributed by atoms with van der Waals surface area (Å²) < 4.78 is 10.9. The molecule has 0 radical (unpaired) electrons. The number of pyridine rings is 1. The van der Waals surface area contributed by atoms with Gasteiger partial charge in [-0.25, -0.2) is 4.98 Å². The molecule has 0 amide bonds. The van der Waals surface area contributed by atoms with Crippen molar-refractivity contribution in [1.82, 2.24) is 9.88 Å². The number of piperazine rings is 1. The highest BCUT2D eigenvalue weighted by atomic mass is 35.5. The molecule has 2 aromatic carbocycles. The second-order valence-electron chi connectivity index (χ2n) is 7.07. The molecule has 1 fully saturated rings. The second-order valence-corrected chi connectivity index (χ2v) is 7.07. The van der Waals surface area contributed by atoms with Gasteiger partial charge in [0.05, 0.1) is 19.9 Å². The zero-order chi connectivity index (χ0) is 19.5. The number of methoxy groups -OCH3 is 2. The van der Waals surface area contributed by atoms with E-state index in [-0.39, 0.29) is 24.8 Å². The summed E-state index contributed by atoms with van der Waals surface area (Å²) in [6.45, 7) is 7.46. The lowest BCUT2D eigenvalue weighted by Gasteiger charge is -2.35. The Morgan fingerprint density at radius 2 is 1.50 bits per heavy atom. The Bertz CT molecular complexity index is 954. The Hall–Kier alpha value is -2.21. The molecule has 0 aliphatic carbocycles. The van der Waals surface area contributed by atoms with Gasteiger partial charge in [0.1, 0.15) is 17.3 Å². The Morgan fingerprint density at radius 1 is 0.867 bits per heavy atom. The summed E-state index contributed by atoms with van der Waals surface area (Å²) >= 11 is 0. The van der Waals surface area contributed by atoms with E-state index in [0.717, 1.165) is 61.3 Å². The van der Waals surface area contributed by atoms with Gasteiger partial charge >= 0.3 is 0 Å². The molecule has 0 saturated carbocycles. The van der Waals surface area contributed by atoms with Crippen LogP contribution in [0.4, 0.5) is 5.82 Å². The van der Waals surface area contributed by atoms with E-state index in [1.54, 1.807) is 14.2 Å². The minimum Gasteiger partial charge on any atom is -0.497 e. The molecule has 30 heavy (non-hydrogen) atoms. The Morgan fingerprint density at radius 3 is 2.10 bits per heavy atom. The summed E-state index contributed by atoms with van der Waals surface area (Å²) in [6.07, 6.45) is 0. The molecular formula is C23H29Cl2N3O2. The second kappa shape index (κ2) is 10.7. The number of anilines is 1. The van der Waals surface area contributed by atoms with Crippen molar-refractivity contribution >= 4 is 41.4 Å². The number of hydrogen-bond donors (Lipinski definition) is 0. The molecular weight excluding hydrogens is 421 g/mol. The number of fused-ring (bicyclic) bond motifs is 1. The van der Waals surface area contributed by atoms with Gasteiger partial charge in [0.15, 0.2) is 0 Å². The van der Waals surface area contributed by atoms with Gasteiger partial charge in [0.2, 0.25) is 0 Å². The van der Waals surface area contributed by atoms with E-state index >= 15 is 0 Å². The fourth-order valence-corrected chi connectivity index (χ4v) is 3.80. The van der Waals surface area contributed by atoms with Gasteiger partial charge in [-0.2, -0.15) is 0 Å². The quantitative estimate of drug-likeness (QED) is 0.553. The normalized spacial score (nSPS) is 14.0. The Balaban J connectivity index is 0.00000160. The van der Waals surface area contributed by atoms with Crippen molar-refractivity contribution in [3.8, 4) is 22.8 Å².